The lowest BCUT2D eigenvalue weighted by Crippen LogP contribution is -2.51. The van der Waals surface area contributed by atoms with Crippen LogP contribution >= 0.6 is 11.8 Å². The number of carbonyl (C=O) groups is 2. The van der Waals surface area contributed by atoms with Crippen LogP contribution in [0.25, 0.3) is 0 Å². The number of ether oxygens (including phenoxy) is 1. The zero-order valence-electron chi connectivity index (χ0n) is 19.6. The molecule has 9 heteroatoms. The molecule has 2 aliphatic rings. The number of amides is 3. The summed E-state index contributed by atoms with van der Waals surface area (Å²) in [6.45, 7) is 6.08. The van der Waals surface area contributed by atoms with Crippen LogP contribution in [0.2, 0.25) is 0 Å². The number of methoxy groups -OCH3 is 1. The van der Waals surface area contributed by atoms with Crippen molar-refractivity contribution in [3.8, 4) is 5.75 Å². The van der Waals surface area contributed by atoms with Gasteiger partial charge in [-0.25, -0.2) is 9.18 Å². The number of carbonyl (C=O) groups excluding carboxylic acids is 2. The Balaban J connectivity index is 1.30. The molecule has 2 aromatic carbocycles. The third kappa shape index (κ3) is 5.47. The van der Waals surface area contributed by atoms with E-state index in [2.05, 4.69) is 10.2 Å². The van der Waals surface area contributed by atoms with Gasteiger partial charge < -0.3 is 19.9 Å². The van der Waals surface area contributed by atoms with Crippen molar-refractivity contribution in [3.05, 3.63) is 59.9 Å². The lowest BCUT2D eigenvalue weighted by Gasteiger charge is -2.36. The number of hydrogen-bond donors (Lipinski definition) is 1. The van der Waals surface area contributed by atoms with Crippen molar-refractivity contribution in [3.63, 3.8) is 0 Å². The molecule has 3 amide bonds. The number of piperazine rings is 1. The van der Waals surface area contributed by atoms with Crippen LogP contribution in [0.5, 0.6) is 5.75 Å². The van der Waals surface area contributed by atoms with Crippen LogP contribution < -0.4 is 10.1 Å². The minimum absolute atomic E-state index is 0.0643. The van der Waals surface area contributed by atoms with Crippen molar-refractivity contribution >= 4 is 29.4 Å². The number of thioether (sulfide) groups is 1. The normalized spacial score (nSPS) is 21.1. The first-order valence-electron chi connectivity index (χ1n) is 11.6. The minimum Gasteiger partial charge on any atom is -0.495 e. The van der Waals surface area contributed by atoms with Crippen LogP contribution in [0.1, 0.15) is 24.3 Å². The van der Waals surface area contributed by atoms with E-state index in [0.29, 0.717) is 31.1 Å². The zero-order chi connectivity index (χ0) is 24.1. The number of rotatable bonds is 7. The van der Waals surface area contributed by atoms with Crippen molar-refractivity contribution in [1.82, 2.24) is 14.7 Å². The van der Waals surface area contributed by atoms with Gasteiger partial charge in [0.2, 0.25) is 5.91 Å². The van der Waals surface area contributed by atoms with E-state index in [1.165, 1.54) is 12.1 Å². The van der Waals surface area contributed by atoms with Gasteiger partial charge >= 0.3 is 6.03 Å². The summed E-state index contributed by atoms with van der Waals surface area (Å²) in [5, 5.41) is 2.77. The van der Waals surface area contributed by atoms with E-state index in [0.717, 1.165) is 31.6 Å². The summed E-state index contributed by atoms with van der Waals surface area (Å²) < 4.78 is 18.7. The van der Waals surface area contributed by atoms with Gasteiger partial charge in [0, 0.05) is 39.3 Å². The molecule has 2 unspecified atom stereocenters. The van der Waals surface area contributed by atoms with Crippen molar-refractivity contribution < 1.29 is 18.7 Å². The van der Waals surface area contributed by atoms with Crippen LogP contribution in [0, 0.1) is 5.82 Å². The second-order valence-electron chi connectivity index (χ2n) is 8.43. The van der Waals surface area contributed by atoms with Gasteiger partial charge in [-0.3, -0.25) is 9.69 Å². The first-order chi connectivity index (χ1) is 16.5. The number of nitrogens with one attached hydrogen (secondary N) is 1. The van der Waals surface area contributed by atoms with E-state index >= 15 is 0 Å². The van der Waals surface area contributed by atoms with Gasteiger partial charge in [0.05, 0.1) is 18.0 Å². The molecule has 0 saturated carbocycles. The lowest BCUT2D eigenvalue weighted by molar-refractivity contribution is -0.130. The van der Waals surface area contributed by atoms with E-state index in [1.54, 1.807) is 35.9 Å². The molecule has 2 heterocycles. The monoisotopic (exact) mass is 486 g/mol. The number of halogens is 1. The van der Waals surface area contributed by atoms with Crippen LogP contribution in [-0.2, 0) is 4.79 Å². The third-order valence-electron chi connectivity index (χ3n) is 6.33. The van der Waals surface area contributed by atoms with E-state index in [4.69, 9.17) is 4.74 Å². The number of para-hydroxylation sites is 2. The fourth-order valence-electron chi connectivity index (χ4n) is 4.34. The summed E-state index contributed by atoms with van der Waals surface area (Å²) in [6, 6.07) is 13.6. The van der Waals surface area contributed by atoms with Crippen molar-refractivity contribution in [2.45, 2.75) is 24.0 Å². The summed E-state index contributed by atoms with van der Waals surface area (Å²) in [5.41, 5.74) is 1.60. The highest BCUT2D eigenvalue weighted by atomic mass is 32.2. The van der Waals surface area contributed by atoms with E-state index < -0.39 is 0 Å². The van der Waals surface area contributed by atoms with Gasteiger partial charge in [0.1, 0.15) is 16.9 Å². The number of benzene rings is 2. The largest absolute Gasteiger partial charge is 0.495 e. The number of urea groups is 1. The van der Waals surface area contributed by atoms with Crippen LogP contribution in [0.3, 0.4) is 0 Å². The highest BCUT2D eigenvalue weighted by Crippen LogP contribution is 2.44. The summed E-state index contributed by atoms with van der Waals surface area (Å²) in [4.78, 5) is 31.7. The Labute approximate surface area is 204 Å². The molecule has 182 valence electrons. The SMILES string of the molecule is CCC1SC(c2ccc(F)cc2)N(CCN2CCN(C(=O)Nc3ccccc3OC)CC2)C1=O. The molecule has 0 spiro atoms. The molecular formula is C25H31FN4O3S. The topological polar surface area (TPSA) is 65.1 Å². The van der Waals surface area contributed by atoms with Gasteiger partial charge in [-0.1, -0.05) is 31.2 Å². The number of hydrogen-bond acceptors (Lipinski definition) is 5. The Kier molecular flexibility index (Phi) is 7.95. The maximum absolute atomic E-state index is 13.4. The van der Waals surface area contributed by atoms with Crippen molar-refractivity contribution in [2.75, 3.05) is 51.7 Å². The molecule has 2 saturated heterocycles. The summed E-state index contributed by atoms with van der Waals surface area (Å²) >= 11 is 1.64. The smallest absolute Gasteiger partial charge is 0.322 e. The average molecular weight is 487 g/mol. The molecule has 0 aliphatic carbocycles. The second-order valence-corrected chi connectivity index (χ2v) is 9.72. The Morgan fingerprint density at radius 2 is 1.79 bits per heavy atom. The Morgan fingerprint density at radius 1 is 1.09 bits per heavy atom. The van der Waals surface area contributed by atoms with Gasteiger partial charge in [-0.2, -0.15) is 0 Å². The molecule has 2 aromatic rings. The first kappa shape index (κ1) is 24.3. The molecule has 0 radical (unpaired) electrons. The Morgan fingerprint density at radius 3 is 2.47 bits per heavy atom. The summed E-state index contributed by atoms with van der Waals surface area (Å²) in [7, 11) is 1.58. The predicted octanol–water partition coefficient (Wildman–Crippen LogP) is 4.04. The number of nitrogens with zero attached hydrogens (tertiary/aromatic N) is 3. The van der Waals surface area contributed by atoms with Gasteiger partial charge in [-0.05, 0) is 36.2 Å². The maximum atomic E-state index is 13.4. The molecule has 2 aliphatic heterocycles. The molecule has 0 aromatic heterocycles. The molecule has 2 fully saturated rings. The van der Waals surface area contributed by atoms with E-state index in [1.807, 2.05) is 36.1 Å². The van der Waals surface area contributed by atoms with Crippen LogP contribution in [0.4, 0.5) is 14.9 Å². The molecule has 7 nitrogen and oxygen atoms in total. The van der Waals surface area contributed by atoms with Crippen molar-refractivity contribution in [2.24, 2.45) is 0 Å². The molecular weight excluding hydrogens is 455 g/mol. The zero-order valence-corrected chi connectivity index (χ0v) is 20.4. The van der Waals surface area contributed by atoms with Gasteiger partial charge in [-0.15, -0.1) is 11.8 Å². The van der Waals surface area contributed by atoms with Crippen molar-refractivity contribution in [1.29, 1.82) is 0 Å². The summed E-state index contributed by atoms with van der Waals surface area (Å²) in [6.07, 6.45) is 0.775. The number of anilines is 1. The van der Waals surface area contributed by atoms with Gasteiger partial charge in [0.25, 0.3) is 0 Å². The maximum Gasteiger partial charge on any atom is 0.322 e. The quantitative estimate of drug-likeness (QED) is 0.640. The second kappa shape index (κ2) is 11.1. The average Bonchev–Trinajstić information content (AvgIpc) is 3.19. The Hall–Kier alpha value is -2.78. The highest BCUT2D eigenvalue weighted by molar-refractivity contribution is 8.01. The minimum atomic E-state index is -0.274. The van der Waals surface area contributed by atoms with E-state index in [9.17, 15) is 14.0 Å². The van der Waals surface area contributed by atoms with Gasteiger partial charge in [0.15, 0.2) is 0 Å². The molecule has 4 rings (SSSR count). The lowest BCUT2D eigenvalue weighted by atomic mass is 10.2. The highest BCUT2D eigenvalue weighted by Gasteiger charge is 2.40. The molecule has 34 heavy (non-hydrogen) atoms. The van der Waals surface area contributed by atoms with E-state index in [-0.39, 0.29) is 28.4 Å². The third-order valence-corrected chi connectivity index (χ3v) is 7.97. The fourth-order valence-corrected chi connectivity index (χ4v) is 5.76. The van der Waals surface area contributed by atoms with Crippen LogP contribution in [-0.4, -0.2) is 78.3 Å². The Bertz CT molecular complexity index is 998. The standard InChI is InChI=1S/C25H31FN4O3S/c1-3-22-23(31)30(24(34-22)18-8-10-19(26)11-9-18)17-14-28-12-15-29(16-13-28)25(32)27-20-6-4-5-7-21(20)33-2/h4-11,22,24H,3,12-17H2,1-2H3,(H,27,32). The molecule has 1 N–H and O–H groups in total. The predicted molar refractivity (Wildman–Crippen MR) is 133 cm³/mol. The summed E-state index contributed by atoms with van der Waals surface area (Å²) in [5.74, 6) is 0.504. The molecule has 0 bridgehead atoms. The van der Waals surface area contributed by atoms with Crippen LogP contribution in [0.15, 0.2) is 48.5 Å². The fraction of sp³-hybridized carbons (Fsp3) is 0.440. The molecule has 2 atom stereocenters. The first-order valence-corrected chi connectivity index (χ1v) is 12.6.